The van der Waals surface area contributed by atoms with Gasteiger partial charge in [-0.05, 0) is 79.3 Å². The first kappa shape index (κ1) is 17.7. The van der Waals surface area contributed by atoms with Crippen molar-refractivity contribution >= 4 is 16.4 Å². The molecule has 0 saturated carbocycles. The van der Waals surface area contributed by atoms with E-state index in [-0.39, 0.29) is 0 Å². The van der Waals surface area contributed by atoms with E-state index in [1.807, 2.05) is 6.20 Å². The molecule has 29 heavy (non-hydrogen) atoms. The highest BCUT2D eigenvalue weighted by Crippen LogP contribution is 2.34. The minimum atomic E-state index is 1.03. The van der Waals surface area contributed by atoms with Crippen molar-refractivity contribution < 1.29 is 0 Å². The summed E-state index contributed by atoms with van der Waals surface area (Å²) in [5, 5.41) is 1.28. The highest BCUT2D eigenvalue weighted by atomic mass is 14.9. The maximum Gasteiger partial charge on any atom is 0.0704 e. The first-order valence-corrected chi connectivity index (χ1v) is 10.1. The van der Waals surface area contributed by atoms with Crippen molar-refractivity contribution in [2.24, 2.45) is 0 Å². The van der Waals surface area contributed by atoms with Crippen LogP contribution in [0.2, 0.25) is 0 Å². The summed E-state index contributed by atoms with van der Waals surface area (Å²) in [6.07, 6.45) is 4.22. The van der Waals surface area contributed by atoms with E-state index >= 15 is 0 Å². The Hall–Kier alpha value is -3.39. The van der Waals surface area contributed by atoms with Crippen LogP contribution in [0.15, 0.2) is 73.1 Å². The van der Waals surface area contributed by atoms with Crippen LogP contribution in [0.1, 0.15) is 22.3 Å². The number of aromatic nitrogens is 2. The van der Waals surface area contributed by atoms with Crippen LogP contribution >= 0.6 is 0 Å². The summed E-state index contributed by atoms with van der Waals surface area (Å²) in [5.74, 6) is 0. The topological polar surface area (TPSA) is 17.3 Å². The van der Waals surface area contributed by atoms with Crippen molar-refractivity contribution in [2.75, 3.05) is 0 Å². The fourth-order valence-electron chi connectivity index (χ4n) is 4.32. The Kier molecular flexibility index (Phi) is 4.02. The zero-order valence-electron chi connectivity index (χ0n) is 17.3. The standard InChI is InChI=1S/C27H24N2/c1-17-13-24(28-15-18(17)2)21-9-11-22(12-10-21)27-19(3)16-29-25-8-6-5-7-23(25)14-26(29)20(27)4/h5-16H,1-4H3. The van der Waals surface area contributed by atoms with Crippen LogP contribution in [-0.2, 0) is 0 Å². The molecule has 0 amide bonds. The molecule has 3 aromatic heterocycles. The van der Waals surface area contributed by atoms with Gasteiger partial charge in [0.05, 0.1) is 11.2 Å². The Morgan fingerprint density at radius 1 is 0.690 bits per heavy atom. The molecule has 0 unspecified atom stereocenters. The summed E-state index contributed by atoms with van der Waals surface area (Å²) in [4.78, 5) is 4.61. The van der Waals surface area contributed by atoms with Gasteiger partial charge in [-0.25, -0.2) is 0 Å². The van der Waals surface area contributed by atoms with E-state index in [0.717, 1.165) is 11.3 Å². The van der Waals surface area contributed by atoms with Crippen LogP contribution in [0, 0.1) is 27.7 Å². The largest absolute Gasteiger partial charge is 0.316 e. The summed E-state index contributed by atoms with van der Waals surface area (Å²) in [5.41, 5.74) is 12.4. The third kappa shape index (κ3) is 2.84. The molecule has 0 atom stereocenters. The molecule has 0 N–H and O–H groups in total. The number of fused-ring (bicyclic) bond motifs is 3. The molecule has 2 nitrogen and oxygen atoms in total. The maximum absolute atomic E-state index is 4.61. The van der Waals surface area contributed by atoms with Gasteiger partial charge < -0.3 is 4.40 Å². The average molecular weight is 377 g/mol. The molecule has 0 aliphatic carbocycles. The van der Waals surface area contributed by atoms with Gasteiger partial charge in [0.25, 0.3) is 0 Å². The molecule has 142 valence electrons. The quantitative estimate of drug-likeness (QED) is 0.322. The monoisotopic (exact) mass is 376 g/mol. The van der Waals surface area contributed by atoms with Gasteiger partial charge in [0.1, 0.15) is 0 Å². The van der Waals surface area contributed by atoms with Gasteiger partial charge in [-0.2, -0.15) is 0 Å². The predicted molar refractivity (Wildman–Crippen MR) is 123 cm³/mol. The van der Waals surface area contributed by atoms with Gasteiger partial charge in [0, 0.05) is 28.9 Å². The van der Waals surface area contributed by atoms with Gasteiger partial charge in [0.2, 0.25) is 0 Å². The second-order valence-corrected chi connectivity index (χ2v) is 8.00. The molecule has 0 spiro atoms. The molecule has 5 aromatic rings. The molecule has 0 aliphatic rings. The van der Waals surface area contributed by atoms with Crippen molar-refractivity contribution in [3.8, 4) is 22.4 Å². The van der Waals surface area contributed by atoms with Crippen LogP contribution < -0.4 is 0 Å². The molecule has 3 heterocycles. The fourth-order valence-corrected chi connectivity index (χ4v) is 4.32. The molecule has 2 aromatic carbocycles. The lowest BCUT2D eigenvalue weighted by atomic mass is 9.95. The van der Waals surface area contributed by atoms with E-state index in [1.54, 1.807) is 0 Å². The number of nitrogens with zero attached hydrogens (tertiary/aromatic N) is 2. The Balaban J connectivity index is 1.63. The van der Waals surface area contributed by atoms with Gasteiger partial charge >= 0.3 is 0 Å². The minimum absolute atomic E-state index is 1.03. The smallest absolute Gasteiger partial charge is 0.0704 e. The van der Waals surface area contributed by atoms with Gasteiger partial charge in [-0.3, -0.25) is 4.98 Å². The van der Waals surface area contributed by atoms with Gasteiger partial charge in [-0.1, -0.05) is 42.5 Å². The molecule has 2 heteroatoms. The number of para-hydroxylation sites is 1. The highest BCUT2D eigenvalue weighted by Gasteiger charge is 2.13. The second kappa shape index (κ2) is 6.59. The molecule has 0 bridgehead atoms. The zero-order chi connectivity index (χ0) is 20.1. The Labute approximate surface area is 171 Å². The number of aryl methyl sites for hydroxylation is 4. The van der Waals surface area contributed by atoms with Crippen LogP contribution in [0.25, 0.3) is 38.8 Å². The first-order valence-electron chi connectivity index (χ1n) is 10.1. The molecular weight excluding hydrogens is 352 g/mol. The number of hydrogen-bond donors (Lipinski definition) is 0. The molecule has 0 saturated heterocycles. The minimum Gasteiger partial charge on any atom is -0.316 e. The maximum atomic E-state index is 4.61. The predicted octanol–water partition coefficient (Wildman–Crippen LogP) is 7.06. The highest BCUT2D eigenvalue weighted by molar-refractivity contribution is 5.91. The summed E-state index contributed by atoms with van der Waals surface area (Å²) < 4.78 is 2.32. The first-order chi connectivity index (χ1) is 14.0. The van der Waals surface area contributed by atoms with E-state index < -0.39 is 0 Å². The van der Waals surface area contributed by atoms with Crippen molar-refractivity contribution in [1.82, 2.24) is 9.38 Å². The Bertz CT molecular complexity index is 1370. The summed E-state index contributed by atoms with van der Waals surface area (Å²) in [6, 6.07) is 21.8. The third-order valence-electron chi connectivity index (χ3n) is 6.07. The Morgan fingerprint density at radius 2 is 1.41 bits per heavy atom. The van der Waals surface area contributed by atoms with Crippen LogP contribution in [-0.4, -0.2) is 9.38 Å². The number of benzene rings is 2. The molecule has 0 fully saturated rings. The van der Waals surface area contributed by atoms with Gasteiger partial charge in [-0.15, -0.1) is 0 Å². The van der Waals surface area contributed by atoms with Crippen molar-refractivity contribution in [3.63, 3.8) is 0 Å². The number of pyridine rings is 2. The van der Waals surface area contributed by atoms with Gasteiger partial charge in [0.15, 0.2) is 0 Å². The number of hydrogen-bond acceptors (Lipinski definition) is 1. The molecule has 0 radical (unpaired) electrons. The SMILES string of the molecule is Cc1cnc(-c2ccc(-c3c(C)cn4c(cc5ccccc54)c3C)cc2)cc1C. The lowest BCUT2D eigenvalue weighted by molar-refractivity contribution is 1.19. The van der Waals surface area contributed by atoms with Crippen molar-refractivity contribution in [3.05, 3.63) is 95.3 Å². The Morgan fingerprint density at radius 3 is 2.17 bits per heavy atom. The lowest BCUT2D eigenvalue weighted by Gasteiger charge is -2.14. The van der Waals surface area contributed by atoms with Crippen LogP contribution in [0.4, 0.5) is 0 Å². The van der Waals surface area contributed by atoms with Crippen molar-refractivity contribution in [1.29, 1.82) is 0 Å². The molecular formula is C27H24N2. The zero-order valence-corrected chi connectivity index (χ0v) is 17.3. The lowest BCUT2D eigenvalue weighted by Crippen LogP contribution is -1.95. The van der Waals surface area contributed by atoms with Crippen LogP contribution in [0.3, 0.4) is 0 Å². The third-order valence-corrected chi connectivity index (χ3v) is 6.07. The van der Waals surface area contributed by atoms with E-state index in [4.69, 9.17) is 0 Å². The number of rotatable bonds is 2. The summed E-state index contributed by atoms with van der Waals surface area (Å²) in [7, 11) is 0. The summed E-state index contributed by atoms with van der Waals surface area (Å²) >= 11 is 0. The second-order valence-electron chi connectivity index (χ2n) is 8.00. The summed E-state index contributed by atoms with van der Waals surface area (Å²) in [6.45, 7) is 8.67. The van der Waals surface area contributed by atoms with E-state index in [2.05, 4.69) is 104 Å². The van der Waals surface area contributed by atoms with E-state index in [1.165, 1.54) is 49.8 Å². The van der Waals surface area contributed by atoms with Crippen molar-refractivity contribution in [2.45, 2.75) is 27.7 Å². The van der Waals surface area contributed by atoms with E-state index in [0.29, 0.717) is 0 Å². The fraction of sp³-hybridized carbons (Fsp3) is 0.148. The van der Waals surface area contributed by atoms with E-state index in [9.17, 15) is 0 Å². The molecule has 5 rings (SSSR count). The average Bonchev–Trinajstić information content (AvgIpc) is 3.10. The normalized spacial score (nSPS) is 11.4. The molecule has 0 aliphatic heterocycles. The van der Waals surface area contributed by atoms with Crippen LogP contribution in [0.5, 0.6) is 0 Å².